The first-order valence-electron chi connectivity index (χ1n) is 9.47. The molecule has 9 heteroatoms. The molecule has 1 aromatic rings. The smallest absolute Gasteiger partial charge is 0.322 e. The molecule has 2 fully saturated rings. The van der Waals surface area contributed by atoms with Crippen LogP contribution >= 0.6 is 11.8 Å². The predicted octanol–water partition coefficient (Wildman–Crippen LogP) is 1.05. The highest BCUT2D eigenvalue weighted by Crippen LogP contribution is 2.33. The Kier molecular flexibility index (Phi) is 6.93. The number of unbranched alkanes of at least 4 members (excludes halogenated alkanes) is 1. The first kappa shape index (κ1) is 20.6. The van der Waals surface area contributed by atoms with E-state index in [2.05, 4.69) is 16.1 Å². The predicted molar refractivity (Wildman–Crippen MR) is 107 cm³/mol. The molecule has 2 aliphatic rings. The Morgan fingerprint density at radius 3 is 2.68 bits per heavy atom. The summed E-state index contributed by atoms with van der Waals surface area (Å²) in [4.78, 5) is 34.8. The highest BCUT2D eigenvalue weighted by Gasteiger charge is 2.42. The van der Waals surface area contributed by atoms with Crippen molar-refractivity contribution in [1.82, 2.24) is 16.1 Å². The zero-order chi connectivity index (χ0) is 20.1. The van der Waals surface area contributed by atoms with Crippen molar-refractivity contribution in [1.29, 1.82) is 0 Å². The topological polar surface area (TPSA) is 134 Å². The van der Waals surface area contributed by atoms with E-state index in [1.165, 1.54) is 0 Å². The number of urea groups is 1. The van der Waals surface area contributed by atoms with Crippen molar-refractivity contribution in [2.24, 2.45) is 5.84 Å². The number of hydrazine groups is 1. The van der Waals surface area contributed by atoms with Gasteiger partial charge in [0.05, 0.1) is 12.1 Å². The van der Waals surface area contributed by atoms with Crippen LogP contribution in [-0.2, 0) is 11.2 Å². The summed E-state index contributed by atoms with van der Waals surface area (Å²) in [7, 11) is 0. The SMILES string of the molecule is NN[C@@H](Cc1ccc(C(=O)CCCC[C@@H]2SC[C@@H]3NC(=O)N[C@@H]32)cc1)C(=O)O. The van der Waals surface area contributed by atoms with Crippen LogP contribution in [0.25, 0.3) is 0 Å². The van der Waals surface area contributed by atoms with Gasteiger partial charge in [-0.1, -0.05) is 30.7 Å². The van der Waals surface area contributed by atoms with Crippen LogP contribution in [0.4, 0.5) is 4.79 Å². The number of nitrogens with two attached hydrogens (primary N) is 1. The lowest BCUT2D eigenvalue weighted by Gasteiger charge is -2.16. The number of carboxylic acid groups (broad SMARTS) is 1. The van der Waals surface area contributed by atoms with E-state index in [0.717, 1.165) is 30.6 Å². The molecule has 4 atom stereocenters. The van der Waals surface area contributed by atoms with E-state index in [1.54, 1.807) is 24.3 Å². The molecule has 0 radical (unpaired) electrons. The number of rotatable bonds is 10. The van der Waals surface area contributed by atoms with E-state index in [0.29, 0.717) is 17.2 Å². The largest absolute Gasteiger partial charge is 0.480 e. The summed E-state index contributed by atoms with van der Waals surface area (Å²) in [5.74, 6) is 5.26. The summed E-state index contributed by atoms with van der Waals surface area (Å²) in [5, 5.41) is 15.3. The van der Waals surface area contributed by atoms with Crippen molar-refractivity contribution in [3.05, 3.63) is 35.4 Å². The molecule has 1 aromatic carbocycles. The molecule has 0 saturated carbocycles. The van der Waals surface area contributed by atoms with Crippen LogP contribution in [0.5, 0.6) is 0 Å². The third-order valence-corrected chi connectivity index (χ3v) is 6.80. The average molecular weight is 407 g/mol. The van der Waals surface area contributed by atoms with Crippen LogP contribution in [0.3, 0.4) is 0 Å². The quantitative estimate of drug-likeness (QED) is 0.129. The van der Waals surface area contributed by atoms with Gasteiger partial charge in [0.15, 0.2) is 5.78 Å². The van der Waals surface area contributed by atoms with E-state index in [9.17, 15) is 14.4 Å². The third kappa shape index (κ3) is 5.03. The molecule has 0 aliphatic carbocycles. The Hall–Kier alpha value is -2.10. The first-order chi connectivity index (χ1) is 13.5. The number of thioether (sulfide) groups is 1. The number of aliphatic carboxylic acids is 1. The molecule has 0 aromatic heterocycles. The molecule has 2 heterocycles. The lowest BCUT2D eigenvalue weighted by molar-refractivity contribution is -0.139. The third-order valence-electron chi connectivity index (χ3n) is 5.30. The van der Waals surface area contributed by atoms with Crippen LogP contribution in [0.1, 0.15) is 41.6 Å². The molecule has 2 aliphatic heterocycles. The molecule has 2 amide bonds. The van der Waals surface area contributed by atoms with Gasteiger partial charge in [0.2, 0.25) is 0 Å². The van der Waals surface area contributed by atoms with E-state index in [1.807, 2.05) is 11.8 Å². The highest BCUT2D eigenvalue weighted by molar-refractivity contribution is 8.00. The number of carbonyl (C=O) groups is 3. The lowest BCUT2D eigenvalue weighted by atomic mass is 9.99. The molecule has 2 saturated heterocycles. The molecule has 8 nitrogen and oxygen atoms in total. The van der Waals surface area contributed by atoms with Crippen molar-refractivity contribution in [2.75, 3.05) is 5.75 Å². The Labute approximate surface area is 168 Å². The van der Waals surface area contributed by atoms with E-state index >= 15 is 0 Å². The fourth-order valence-electron chi connectivity index (χ4n) is 3.70. The number of amides is 2. The molecule has 28 heavy (non-hydrogen) atoms. The van der Waals surface area contributed by atoms with Crippen LogP contribution in [-0.4, -0.2) is 52.0 Å². The Balaban J connectivity index is 1.40. The van der Waals surface area contributed by atoms with E-state index < -0.39 is 12.0 Å². The minimum absolute atomic E-state index is 0.0733. The van der Waals surface area contributed by atoms with Gasteiger partial charge in [-0.05, 0) is 24.8 Å². The lowest BCUT2D eigenvalue weighted by Crippen LogP contribution is -2.42. The molecular weight excluding hydrogens is 380 g/mol. The summed E-state index contributed by atoms with van der Waals surface area (Å²) in [6.45, 7) is 0. The van der Waals surface area contributed by atoms with Gasteiger partial charge in [0.1, 0.15) is 6.04 Å². The average Bonchev–Trinajstić information content (AvgIpc) is 3.22. The molecule has 6 N–H and O–H groups in total. The maximum atomic E-state index is 12.4. The van der Waals surface area contributed by atoms with Gasteiger partial charge < -0.3 is 15.7 Å². The first-order valence-corrected chi connectivity index (χ1v) is 10.5. The van der Waals surface area contributed by atoms with E-state index in [-0.39, 0.29) is 30.3 Å². The maximum Gasteiger partial charge on any atom is 0.322 e. The summed E-state index contributed by atoms with van der Waals surface area (Å²) < 4.78 is 0. The monoisotopic (exact) mass is 406 g/mol. The number of fused-ring (bicyclic) bond motifs is 1. The second kappa shape index (κ2) is 9.40. The molecular formula is C19H26N4O4S. The van der Waals surface area contributed by atoms with Gasteiger partial charge in [-0.15, -0.1) is 0 Å². The van der Waals surface area contributed by atoms with Crippen LogP contribution in [0.15, 0.2) is 24.3 Å². The Bertz CT molecular complexity index is 727. The van der Waals surface area contributed by atoms with Crippen LogP contribution in [0, 0.1) is 0 Å². The van der Waals surface area contributed by atoms with Crippen molar-refractivity contribution in [2.45, 2.75) is 55.5 Å². The van der Waals surface area contributed by atoms with Gasteiger partial charge >= 0.3 is 12.0 Å². The number of ketones is 1. The summed E-state index contributed by atoms with van der Waals surface area (Å²) in [6.07, 6.45) is 3.49. The molecule has 0 spiro atoms. The zero-order valence-corrected chi connectivity index (χ0v) is 16.3. The Morgan fingerprint density at radius 1 is 1.25 bits per heavy atom. The molecule has 152 valence electrons. The molecule has 0 bridgehead atoms. The van der Waals surface area contributed by atoms with Crippen molar-refractivity contribution < 1.29 is 19.5 Å². The fraction of sp³-hybridized carbons (Fsp3) is 0.526. The molecule has 0 unspecified atom stereocenters. The number of hydrogen-bond donors (Lipinski definition) is 5. The number of Topliss-reactive ketones (excluding diaryl/α,β-unsaturated/α-hetero) is 1. The minimum Gasteiger partial charge on any atom is -0.480 e. The number of carbonyl (C=O) groups excluding carboxylic acids is 2. The van der Waals surface area contributed by atoms with Crippen molar-refractivity contribution >= 4 is 29.5 Å². The maximum absolute atomic E-state index is 12.4. The molecule has 3 rings (SSSR count). The second-order valence-corrected chi connectivity index (χ2v) is 8.52. The summed E-state index contributed by atoms with van der Waals surface area (Å²) >= 11 is 1.88. The number of nitrogens with one attached hydrogen (secondary N) is 3. The van der Waals surface area contributed by atoms with Crippen molar-refractivity contribution in [3.8, 4) is 0 Å². The fourth-order valence-corrected chi connectivity index (χ4v) is 5.24. The normalized spacial score (nSPS) is 24.3. The van der Waals surface area contributed by atoms with Gasteiger partial charge in [-0.25, -0.2) is 10.2 Å². The zero-order valence-electron chi connectivity index (χ0n) is 15.5. The standard InChI is InChI=1S/C19H26N4O4S/c20-23-13(18(25)26)9-11-5-7-12(8-6-11)15(24)3-1-2-4-16-17-14(10-28-16)21-19(27)22-17/h5-8,13-14,16-17,23H,1-4,9-10,20H2,(H,25,26)(H2,21,22,27)/t13-,14-,16-,17-/m0/s1. The number of hydrogen-bond acceptors (Lipinski definition) is 6. The van der Waals surface area contributed by atoms with Crippen molar-refractivity contribution in [3.63, 3.8) is 0 Å². The minimum atomic E-state index is -1.01. The number of carboxylic acids is 1. The summed E-state index contributed by atoms with van der Waals surface area (Å²) in [5.41, 5.74) is 3.71. The van der Waals surface area contributed by atoms with Gasteiger partial charge in [-0.2, -0.15) is 11.8 Å². The highest BCUT2D eigenvalue weighted by atomic mass is 32.2. The number of benzene rings is 1. The van der Waals surface area contributed by atoms with Gasteiger partial charge in [0, 0.05) is 23.0 Å². The second-order valence-electron chi connectivity index (χ2n) is 7.25. The Morgan fingerprint density at radius 2 is 2.00 bits per heavy atom. The summed E-state index contributed by atoms with van der Waals surface area (Å²) in [6, 6.07) is 6.53. The van der Waals surface area contributed by atoms with Gasteiger partial charge in [-0.3, -0.25) is 15.4 Å². The van der Waals surface area contributed by atoms with Crippen LogP contribution < -0.4 is 21.9 Å². The van der Waals surface area contributed by atoms with Crippen LogP contribution in [0.2, 0.25) is 0 Å². The van der Waals surface area contributed by atoms with Gasteiger partial charge in [0.25, 0.3) is 0 Å². The van der Waals surface area contributed by atoms with E-state index in [4.69, 9.17) is 10.9 Å².